The maximum Gasteiger partial charge on any atom is 0.312 e. The van der Waals surface area contributed by atoms with Crippen molar-refractivity contribution in [2.75, 3.05) is 0 Å². The Hall–Kier alpha value is -1.36. The number of carboxylic acid groups (broad SMARTS) is 1. The number of rotatable bonds is 2. The molecule has 1 N–H and O–H groups in total. The summed E-state index contributed by atoms with van der Waals surface area (Å²) in [5.74, 6) is -1.38. The van der Waals surface area contributed by atoms with E-state index in [0.717, 1.165) is 4.96 Å². The smallest absolute Gasteiger partial charge is 0.312 e. The molecule has 5 heteroatoms. The van der Waals surface area contributed by atoms with Gasteiger partial charge in [0.1, 0.15) is 0 Å². The first-order valence-electron chi connectivity index (χ1n) is 3.83. The van der Waals surface area contributed by atoms with Gasteiger partial charge < -0.3 is 5.11 Å². The first kappa shape index (κ1) is 8.25. The van der Waals surface area contributed by atoms with Crippen LogP contribution in [0.2, 0.25) is 0 Å². The number of aliphatic carboxylic acids is 1. The minimum Gasteiger partial charge on any atom is -0.481 e. The second kappa shape index (κ2) is 2.85. The molecule has 13 heavy (non-hydrogen) atoms. The molecule has 0 fully saturated rings. The molecule has 1 atom stereocenters. The molecule has 2 rings (SSSR count). The average molecular weight is 196 g/mol. The normalized spacial score (nSPS) is 13.3. The summed E-state index contributed by atoms with van der Waals surface area (Å²) < 4.78 is 1.83. The molecule has 0 saturated carbocycles. The molecule has 0 aliphatic rings. The van der Waals surface area contributed by atoms with E-state index in [1.165, 1.54) is 11.3 Å². The zero-order valence-electron chi connectivity index (χ0n) is 6.97. The highest BCUT2D eigenvalue weighted by Gasteiger charge is 2.17. The third-order valence-corrected chi connectivity index (χ3v) is 2.70. The van der Waals surface area contributed by atoms with Crippen molar-refractivity contribution in [2.24, 2.45) is 0 Å². The lowest BCUT2D eigenvalue weighted by Crippen LogP contribution is -2.07. The van der Waals surface area contributed by atoms with Crippen LogP contribution in [0.25, 0.3) is 4.96 Å². The second-order valence-corrected chi connectivity index (χ2v) is 3.69. The molecule has 2 aromatic rings. The molecule has 0 aliphatic carbocycles. The summed E-state index contributed by atoms with van der Waals surface area (Å²) in [4.78, 5) is 15.7. The van der Waals surface area contributed by atoms with Gasteiger partial charge in [-0.15, -0.1) is 11.3 Å². The van der Waals surface area contributed by atoms with E-state index in [1.807, 2.05) is 16.0 Å². The summed E-state index contributed by atoms with van der Waals surface area (Å²) in [5, 5.41) is 10.7. The largest absolute Gasteiger partial charge is 0.481 e. The molecule has 0 saturated heterocycles. The van der Waals surface area contributed by atoms with E-state index in [9.17, 15) is 4.79 Å². The second-order valence-electron chi connectivity index (χ2n) is 2.82. The van der Waals surface area contributed by atoms with Crippen LogP contribution in [0.5, 0.6) is 0 Å². The van der Waals surface area contributed by atoms with E-state index < -0.39 is 11.9 Å². The monoisotopic (exact) mass is 196 g/mol. The van der Waals surface area contributed by atoms with E-state index in [4.69, 9.17) is 5.11 Å². The highest BCUT2D eigenvalue weighted by molar-refractivity contribution is 7.15. The summed E-state index contributed by atoms with van der Waals surface area (Å²) in [6.07, 6.45) is 3.62. The Morgan fingerprint density at radius 3 is 3.15 bits per heavy atom. The Morgan fingerprint density at radius 1 is 1.77 bits per heavy atom. The van der Waals surface area contributed by atoms with Crippen LogP contribution in [0.4, 0.5) is 0 Å². The number of imidazole rings is 1. The van der Waals surface area contributed by atoms with Crippen molar-refractivity contribution in [3.8, 4) is 0 Å². The first-order chi connectivity index (χ1) is 6.18. The van der Waals surface area contributed by atoms with Gasteiger partial charge in [-0.3, -0.25) is 9.20 Å². The predicted octanol–water partition coefficient (Wildman–Crippen LogP) is 1.58. The highest BCUT2D eigenvalue weighted by atomic mass is 32.1. The van der Waals surface area contributed by atoms with Crippen LogP contribution in [0.15, 0.2) is 17.8 Å². The zero-order chi connectivity index (χ0) is 9.42. The van der Waals surface area contributed by atoms with Crippen molar-refractivity contribution in [2.45, 2.75) is 12.8 Å². The standard InChI is InChI=1S/C8H8N2O2S/c1-5(7(11)12)6-4-10-2-3-13-8(10)9-6/h2-5H,1H3,(H,11,12). The lowest BCUT2D eigenvalue weighted by molar-refractivity contribution is -0.138. The van der Waals surface area contributed by atoms with Crippen LogP contribution in [0, 0.1) is 0 Å². The fourth-order valence-electron chi connectivity index (χ4n) is 1.08. The van der Waals surface area contributed by atoms with Crippen molar-refractivity contribution in [3.63, 3.8) is 0 Å². The number of hydrogen-bond donors (Lipinski definition) is 1. The number of carboxylic acids is 1. The lowest BCUT2D eigenvalue weighted by Gasteiger charge is -1.98. The Balaban J connectivity index is 2.44. The van der Waals surface area contributed by atoms with Crippen LogP contribution in [-0.4, -0.2) is 20.5 Å². The Bertz CT molecular complexity index is 417. The fourth-order valence-corrected chi connectivity index (χ4v) is 1.79. The molecule has 0 radical (unpaired) electrons. The molecular weight excluding hydrogens is 188 g/mol. The van der Waals surface area contributed by atoms with Gasteiger partial charge in [0.25, 0.3) is 0 Å². The number of carbonyl (C=O) groups is 1. The quantitative estimate of drug-likeness (QED) is 0.793. The number of hydrogen-bond acceptors (Lipinski definition) is 3. The van der Waals surface area contributed by atoms with Crippen molar-refractivity contribution in [3.05, 3.63) is 23.5 Å². The lowest BCUT2D eigenvalue weighted by atomic mass is 10.1. The molecule has 68 valence electrons. The first-order valence-corrected chi connectivity index (χ1v) is 4.71. The number of nitrogens with zero attached hydrogens (tertiary/aromatic N) is 2. The predicted molar refractivity (Wildman–Crippen MR) is 49.1 cm³/mol. The van der Waals surface area contributed by atoms with Gasteiger partial charge in [-0.1, -0.05) is 0 Å². The van der Waals surface area contributed by atoms with Crippen molar-refractivity contribution >= 4 is 22.3 Å². The maximum absolute atomic E-state index is 10.7. The van der Waals surface area contributed by atoms with Gasteiger partial charge >= 0.3 is 5.97 Å². The van der Waals surface area contributed by atoms with E-state index in [-0.39, 0.29) is 0 Å². The summed E-state index contributed by atoms with van der Waals surface area (Å²) in [6.45, 7) is 1.63. The van der Waals surface area contributed by atoms with E-state index in [0.29, 0.717) is 5.69 Å². The molecule has 1 unspecified atom stereocenters. The van der Waals surface area contributed by atoms with Gasteiger partial charge in [-0.2, -0.15) is 0 Å². The fraction of sp³-hybridized carbons (Fsp3) is 0.250. The van der Waals surface area contributed by atoms with Crippen molar-refractivity contribution in [1.29, 1.82) is 0 Å². The van der Waals surface area contributed by atoms with E-state index >= 15 is 0 Å². The van der Waals surface area contributed by atoms with Crippen LogP contribution in [0.3, 0.4) is 0 Å². The number of fused-ring (bicyclic) bond motifs is 1. The van der Waals surface area contributed by atoms with Gasteiger partial charge in [-0.05, 0) is 6.92 Å². The van der Waals surface area contributed by atoms with Gasteiger partial charge in [0, 0.05) is 17.8 Å². The summed E-state index contributed by atoms with van der Waals surface area (Å²) in [7, 11) is 0. The van der Waals surface area contributed by atoms with Crippen LogP contribution < -0.4 is 0 Å². The van der Waals surface area contributed by atoms with Crippen LogP contribution >= 0.6 is 11.3 Å². The SMILES string of the molecule is CC(C(=O)O)c1cn2ccsc2n1. The highest BCUT2D eigenvalue weighted by Crippen LogP contribution is 2.18. The van der Waals surface area contributed by atoms with Gasteiger partial charge in [0.2, 0.25) is 0 Å². The van der Waals surface area contributed by atoms with E-state index in [1.54, 1.807) is 13.1 Å². The van der Waals surface area contributed by atoms with Gasteiger partial charge in [-0.25, -0.2) is 4.98 Å². The minimum atomic E-state index is -0.842. The molecule has 0 amide bonds. The summed E-state index contributed by atoms with van der Waals surface area (Å²) in [5.41, 5.74) is 0.611. The Kier molecular flexibility index (Phi) is 1.81. The van der Waals surface area contributed by atoms with Gasteiger partial charge in [0.05, 0.1) is 11.6 Å². The summed E-state index contributed by atoms with van der Waals surface area (Å²) >= 11 is 1.50. The van der Waals surface area contributed by atoms with Crippen LogP contribution in [0.1, 0.15) is 18.5 Å². The Morgan fingerprint density at radius 2 is 2.54 bits per heavy atom. The van der Waals surface area contributed by atoms with Crippen molar-refractivity contribution in [1.82, 2.24) is 9.38 Å². The minimum absolute atomic E-state index is 0.535. The topological polar surface area (TPSA) is 54.6 Å². The van der Waals surface area contributed by atoms with Crippen LogP contribution in [-0.2, 0) is 4.79 Å². The molecule has 0 aliphatic heterocycles. The molecule has 0 bridgehead atoms. The van der Waals surface area contributed by atoms with E-state index in [2.05, 4.69) is 4.98 Å². The molecule has 2 aromatic heterocycles. The number of aromatic nitrogens is 2. The molecular formula is C8H8N2O2S. The zero-order valence-corrected chi connectivity index (χ0v) is 7.78. The number of thiazole rings is 1. The molecule has 2 heterocycles. The molecule has 0 spiro atoms. The third-order valence-electron chi connectivity index (χ3n) is 1.93. The van der Waals surface area contributed by atoms with Gasteiger partial charge in [0.15, 0.2) is 4.96 Å². The third kappa shape index (κ3) is 1.31. The Labute approximate surface area is 78.5 Å². The average Bonchev–Trinajstić information content (AvgIpc) is 2.59. The maximum atomic E-state index is 10.7. The molecule has 4 nitrogen and oxygen atoms in total. The summed E-state index contributed by atoms with van der Waals surface area (Å²) in [6, 6.07) is 0. The van der Waals surface area contributed by atoms with Crippen molar-refractivity contribution < 1.29 is 9.90 Å². The molecule has 0 aromatic carbocycles.